The summed E-state index contributed by atoms with van der Waals surface area (Å²) in [6.45, 7) is 5.52. The van der Waals surface area contributed by atoms with Crippen molar-refractivity contribution in [3.8, 4) is 0 Å². The van der Waals surface area contributed by atoms with Gasteiger partial charge in [0, 0.05) is 18.4 Å². The maximum absolute atomic E-state index is 5.50. The van der Waals surface area contributed by atoms with Crippen LogP contribution in [0.4, 0.5) is 0 Å². The van der Waals surface area contributed by atoms with Crippen LogP contribution in [0, 0.1) is 11.8 Å². The summed E-state index contributed by atoms with van der Waals surface area (Å²) >= 11 is 0. The molecule has 4 nitrogen and oxygen atoms in total. The Morgan fingerprint density at radius 3 is 2.60 bits per heavy atom. The summed E-state index contributed by atoms with van der Waals surface area (Å²) in [4.78, 5) is 4.67. The van der Waals surface area contributed by atoms with Crippen molar-refractivity contribution in [3.63, 3.8) is 0 Å². The van der Waals surface area contributed by atoms with E-state index in [1.807, 2.05) is 0 Å². The quantitative estimate of drug-likeness (QED) is 0.867. The van der Waals surface area contributed by atoms with Gasteiger partial charge in [-0.25, -0.2) is 0 Å². The van der Waals surface area contributed by atoms with Gasteiger partial charge >= 0.3 is 0 Å². The van der Waals surface area contributed by atoms with E-state index in [1.54, 1.807) is 0 Å². The molecule has 4 heteroatoms. The summed E-state index contributed by atoms with van der Waals surface area (Å²) in [5, 5.41) is 7.80. The Balaban J connectivity index is 1.58. The maximum atomic E-state index is 5.50. The predicted molar refractivity (Wildman–Crippen MR) is 78.6 cm³/mol. The minimum atomic E-state index is 0.527. The third-order valence-electron chi connectivity index (χ3n) is 4.92. The molecule has 0 bridgehead atoms. The highest BCUT2D eigenvalue weighted by Crippen LogP contribution is 2.35. The number of hydrogen-bond acceptors (Lipinski definition) is 4. The van der Waals surface area contributed by atoms with Crippen molar-refractivity contribution < 1.29 is 4.52 Å². The molecule has 2 aliphatic carbocycles. The number of rotatable bonds is 6. The van der Waals surface area contributed by atoms with Gasteiger partial charge in [-0.1, -0.05) is 31.8 Å². The lowest BCUT2D eigenvalue weighted by atomic mass is 9.83. The number of aromatic nitrogens is 2. The van der Waals surface area contributed by atoms with Gasteiger partial charge in [0.25, 0.3) is 0 Å². The fraction of sp³-hybridized carbons (Fsp3) is 0.875. The first-order valence-corrected chi connectivity index (χ1v) is 8.32. The molecule has 20 heavy (non-hydrogen) atoms. The molecule has 2 fully saturated rings. The molecule has 1 atom stereocenters. The van der Waals surface area contributed by atoms with Crippen LogP contribution in [-0.4, -0.2) is 22.7 Å². The second kappa shape index (κ2) is 6.25. The van der Waals surface area contributed by atoms with Crippen LogP contribution in [0.2, 0.25) is 0 Å². The normalized spacial score (nSPS) is 28.5. The molecule has 0 saturated heterocycles. The van der Waals surface area contributed by atoms with Gasteiger partial charge in [-0.15, -0.1) is 0 Å². The lowest BCUT2D eigenvalue weighted by Crippen LogP contribution is -2.33. The highest BCUT2D eigenvalue weighted by Gasteiger charge is 2.32. The third-order valence-corrected chi connectivity index (χ3v) is 4.92. The van der Waals surface area contributed by atoms with Crippen molar-refractivity contribution in [2.75, 3.05) is 6.54 Å². The topological polar surface area (TPSA) is 51.0 Å². The van der Waals surface area contributed by atoms with Gasteiger partial charge in [-0.3, -0.25) is 0 Å². The molecule has 0 amide bonds. The first-order valence-electron chi connectivity index (χ1n) is 8.32. The molecule has 2 saturated carbocycles. The van der Waals surface area contributed by atoms with Crippen molar-refractivity contribution in [1.29, 1.82) is 0 Å². The number of nitrogens with zero attached hydrogens (tertiary/aromatic N) is 2. The van der Waals surface area contributed by atoms with E-state index in [1.165, 1.54) is 38.5 Å². The van der Waals surface area contributed by atoms with E-state index in [2.05, 4.69) is 29.3 Å². The Bertz CT molecular complexity index is 419. The highest BCUT2D eigenvalue weighted by atomic mass is 16.5. The lowest BCUT2D eigenvalue weighted by molar-refractivity contribution is 0.318. The van der Waals surface area contributed by atoms with Gasteiger partial charge in [0.2, 0.25) is 5.89 Å². The van der Waals surface area contributed by atoms with Crippen molar-refractivity contribution in [1.82, 2.24) is 15.5 Å². The molecular formula is C16H27N3O. The summed E-state index contributed by atoms with van der Waals surface area (Å²) in [5.74, 6) is 4.00. The van der Waals surface area contributed by atoms with Crippen LogP contribution >= 0.6 is 0 Å². The van der Waals surface area contributed by atoms with Gasteiger partial charge in [0.1, 0.15) is 0 Å². The van der Waals surface area contributed by atoms with Crippen molar-refractivity contribution in [2.24, 2.45) is 11.8 Å². The molecular weight excluding hydrogens is 250 g/mol. The van der Waals surface area contributed by atoms with Crippen LogP contribution in [0.25, 0.3) is 0 Å². The Kier molecular flexibility index (Phi) is 4.39. The summed E-state index contributed by atoms with van der Waals surface area (Å²) in [5.41, 5.74) is 0. The molecule has 3 rings (SSSR count). The Morgan fingerprint density at radius 2 is 1.95 bits per heavy atom. The summed E-state index contributed by atoms with van der Waals surface area (Å²) in [7, 11) is 0. The molecule has 2 aliphatic rings. The lowest BCUT2D eigenvalue weighted by Gasteiger charge is -2.23. The van der Waals surface area contributed by atoms with E-state index < -0.39 is 0 Å². The fourth-order valence-electron chi connectivity index (χ4n) is 3.39. The van der Waals surface area contributed by atoms with Crippen LogP contribution in [0.15, 0.2) is 4.52 Å². The van der Waals surface area contributed by atoms with Gasteiger partial charge in [-0.05, 0) is 44.1 Å². The van der Waals surface area contributed by atoms with Crippen molar-refractivity contribution in [3.05, 3.63) is 11.7 Å². The molecule has 1 unspecified atom stereocenters. The Hall–Kier alpha value is -0.900. The summed E-state index contributed by atoms with van der Waals surface area (Å²) in [6, 6.07) is 0.527. The fourth-order valence-corrected chi connectivity index (χ4v) is 3.39. The van der Waals surface area contributed by atoms with Crippen LogP contribution in [0.1, 0.15) is 70.0 Å². The number of likely N-dealkylation sites (N-methyl/N-ethyl adjacent to an activating group) is 1. The average molecular weight is 277 g/mol. The summed E-state index contributed by atoms with van der Waals surface area (Å²) < 4.78 is 5.50. The molecule has 0 aliphatic heterocycles. The molecule has 0 radical (unpaired) electrons. The summed E-state index contributed by atoms with van der Waals surface area (Å²) in [6.07, 6.45) is 8.64. The first-order chi connectivity index (χ1) is 9.76. The minimum absolute atomic E-state index is 0.527. The SMILES string of the molecule is CCNC(Cc1nc(C2CCC(C)CC2)no1)C1CC1. The maximum Gasteiger partial charge on any atom is 0.228 e. The average Bonchev–Trinajstić information content (AvgIpc) is 3.20. The minimum Gasteiger partial charge on any atom is -0.339 e. The standard InChI is InChI=1S/C16H27N3O/c1-3-17-14(12-8-9-12)10-15-18-16(19-20-15)13-6-4-11(2)5-7-13/h11-14,17H,3-10H2,1-2H3. The Labute approximate surface area is 121 Å². The van der Waals surface area contributed by atoms with Gasteiger partial charge in [0.05, 0.1) is 0 Å². The zero-order valence-corrected chi connectivity index (χ0v) is 12.8. The Morgan fingerprint density at radius 1 is 1.20 bits per heavy atom. The second-order valence-corrected chi connectivity index (χ2v) is 6.71. The second-order valence-electron chi connectivity index (χ2n) is 6.71. The van der Waals surface area contributed by atoms with E-state index in [0.717, 1.165) is 36.5 Å². The molecule has 0 aromatic carbocycles. The first kappa shape index (κ1) is 14.1. The smallest absolute Gasteiger partial charge is 0.228 e. The monoisotopic (exact) mass is 277 g/mol. The van der Waals surface area contributed by atoms with E-state index in [9.17, 15) is 0 Å². The van der Waals surface area contributed by atoms with Gasteiger partial charge in [-0.2, -0.15) is 4.98 Å². The van der Waals surface area contributed by atoms with Crippen LogP contribution < -0.4 is 5.32 Å². The van der Waals surface area contributed by atoms with Crippen molar-refractivity contribution in [2.45, 2.75) is 70.8 Å². The van der Waals surface area contributed by atoms with Crippen LogP contribution in [-0.2, 0) is 6.42 Å². The van der Waals surface area contributed by atoms with Crippen molar-refractivity contribution >= 4 is 0 Å². The largest absolute Gasteiger partial charge is 0.339 e. The molecule has 1 heterocycles. The molecule has 0 spiro atoms. The molecule has 112 valence electrons. The number of nitrogens with one attached hydrogen (secondary N) is 1. The van der Waals surface area contributed by atoms with Gasteiger partial charge in [0.15, 0.2) is 5.82 Å². The van der Waals surface area contributed by atoms with E-state index >= 15 is 0 Å². The number of hydrogen-bond donors (Lipinski definition) is 1. The predicted octanol–water partition coefficient (Wildman–Crippen LogP) is 3.29. The van der Waals surface area contributed by atoms with Crippen LogP contribution in [0.3, 0.4) is 0 Å². The zero-order valence-electron chi connectivity index (χ0n) is 12.8. The molecule has 1 aromatic rings. The van der Waals surface area contributed by atoms with Gasteiger partial charge < -0.3 is 9.84 Å². The zero-order chi connectivity index (χ0) is 13.9. The molecule has 1 N–H and O–H groups in total. The van der Waals surface area contributed by atoms with E-state index in [4.69, 9.17) is 4.52 Å². The van der Waals surface area contributed by atoms with E-state index in [-0.39, 0.29) is 0 Å². The highest BCUT2D eigenvalue weighted by molar-refractivity contribution is 5.00. The van der Waals surface area contributed by atoms with Crippen LogP contribution in [0.5, 0.6) is 0 Å². The third kappa shape index (κ3) is 3.40. The van der Waals surface area contributed by atoms with E-state index in [0.29, 0.717) is 12.0 Å². The molecule has 1 aromatic heterocycles.